The van der Waals surface area contributed by atoms with Gasteiger partial charge in [0.15, 0.2) is 0 Å². The number of benzene rings is 1. The predicted octanol–water partition coefficient (Wildman–Crippen LogP) is 2.93. The SMILES string of the molecule is CNC(C)c1ccc(Cl)c(C)c1. The van der Waals surface area contributed by atoms with Crippen molar-refractivity contribution in [2.24, 2.45) is 0 Å². The predicted molar refractivity (Wildman–Crippen MR) is 53.7 cm³/mol. The van der Waals surface area contributed by atoms with E-state index in [-0.39, 0.29) is 0 Å². The maximum absolute atomic E-state index is 5.91. The van der Waals surface area contributed by atoms with E-state index in [0.29, 0.717) is 6.04 Å². The lowest BCUT2D eigenvalue weighted by Gasteiger charge is -2.11. The fraction of sp³-hybridized carbons (Fsp3) is 0.400. The average Bonchev–Trinajstić information content (AvgIpc) is 2.08. The van der Waals surface area contributed by atoms with Crippen LogP contribution in [0.5, 0.6) is 0 Å². The molecule has 12 heavy (non-hydrogen) atoms. The summed E-state index contributed by atoms with van der Waals surface area (Å²) in [5, 5.41) is 4.02. The van der Waals surface area contributed by atoms with Crippen LogP contribution in [0, 0.1) is 6.92 Å². The average molecular weight is 184 g/mol. The number of nitrogens with one attached hydrogen (secondary N) is 1. The first-order valence-electron chi connectivity index (χ1n) is 4.08. The van der Waals surface area contributed by atoms with E-state index in [2.05, 4.69) is 24.4 Å². The first-order valence-corrected chi connectivity index (χ1v) is 4.46. The molecule has 0 aliphatic carbocycles. The summed E-state index contributed by atoms with van der Waals surface area (Å²) in [6.07, 6.45) is 0. The Morgan fingerprint density at radius 2 is 2.08 bits per heavy atom. The molecule has 0 aliphatic heterocycles. The standard InChI is InChI=1S/C10H14ClN/c1-7-6-9(8(2)12-3)4-5-10(7)11/h4-6,8,12H,1-3H3. The topological polar surface area (TPSA) is 12.0 Å². The molecule has 0 saturated carbocycles. The van der Waals surface area contributed by atoms with Gasteiger partial charge in [0.2, 0.25) is 0 Å². The molecule has 1 unspecified atom stereocenters. The summed E-state index contributed by atoms with van der Waals surface area (Å²) in [6.45, 7) is 4.15. The Bertz CT molecular complexity index is 271. The van der Waals surface area contributed by atoms with Crippen LogP contribution in [0.2, 0.25) is 5.02 Å². The van der Waals surface area contributed by atoms with Crippen molar-refractivity contribution in [3.8, 4) is 0 Å². The molecule has 1 rings (SSSR count). The maximum atomic E-state index is 5.91. The fourth-order valence-electron chi connectivity index (χ4n) is 1.10. The third kappa shape index (κ3) is 1.99. The monoisotopic (exact) mass is 183 g/mol. The van der Waals surface area contributed by atoms with E-state index < -0.39 is 0 Å². The van der Waals surface area contributed by atoms with Crippen LogP contribution in [0.4, 0.5) is 0 Å². The van der Waals surface area contributed by atoms with E-state index in [0.717, 1.165) is 10.6 Å². The van der Waals surface area contributed by atoms with Gasteiger partial charge in [0.05, 0.1) is 0 Å². The van der Waals surface area contributed by atoms with Crippen molar-refractivity contribution in [3.05, 3.63) is 34.3 Å². The Labute approximate surface area is 78.7 Å². The molecule has 1 aromatic carbocycles. The molecule has 1 nitrogen and oxygen atoms in total. The zero-order valence-corrected chi connectivity index (χ0v) is 8.44. The number of halogens is 1. The van der Waals surface area contributed by atoms with Crippen molar-refractivity contribution in [2.45, 2.75) is 19.9 Å². The highest BCUT2D eigenvalue weighted by Crippen LogP contribution is 2.20. The molecule has 0 radical (unpaired) electrons. The lowest BCUT2D eigenvalue weighted by Crippen LogP contribution is -2.12. The molecule has 0 amide bonds. The van der Waals surface area contributed by atoms with Crippen LogP contribution < -0.4 is 5.32 Å². The van der Waals surface area contributed by atoms with Gasteiger partial charge in [-0.1, -0.05) is 23.7 Å². The van der Waals surface area contributed by atoms with E-state index in [1.165, 1.54) is 5.56 Å². The maximum Gasteiger partial charge on any atom is 0.0435 e. The van der Waals surface area contributed by atoms with Gasteiger partial charge in [0.25, 0.3) is 0 Å². The number of hydrogen-bond donors (Lipinski definition) is 1. The molecule has 0 saturated heterocycles. The zero-order valence-electron chi connectivity index (χ0n) is 7.69. The lowest BCUT2D eigenvalue weighted by molar-refractivity contribution is 0.652. The minimum atomic E-state index is 0.390. The van der Waals surface area contributed by atoms with Crippen molar-refractivity contribution in [1.82, 2.24) is 5.32 Å². The quantitative estimate of drug-likeness (QED) is 0.744. The fourth-order valence-corrected chi connectivity index (χ4v) is 1.22. The highest BCUT2D eigenvalue weighted by molar-refractivity contribution is 6.31. The molecule has 0 spiro atoms. The first kappa shape index (κ1) is 9.56. The Balaban J connectivity index is 2.96. The normalized spacial score (nSPS) is 13.0. The largest absolute Gasteiger partial charge is 0.313 e. The van der Waals surface area contributed by atoms with Gasteiger partial charge in [-0.3, -0.25) is 0 Å². The van der Waals surface area contributed by atoms with Gasteiger partial charge in [-0.2, -0.15) is 0 Å². The minimum Gasteiger partial charge on any atom is -0.313 e. The Morgan fingerprint density at radius 3 is 2.58 bits per heavy atom. The van der Waals surface area contributed by atoms with E-state index in [1.807, 2.05) is 20.0 Å². The molecule has 0 heterocycles. The third-order valence-electron chi connectivity index (χ3n) is 2.12. The zero-order chi connectivity index (χ0) is 9.14. The second-order valence-electron chi connectivity index (χ2n) is 3.02. The van der Waals surface area contributed by atoms with Crippen molar-refractivity contribution < 1.29 is 0 Å². The van der Waals surface area contributed by atoms with Crippen LogP contribution in [0.15, 0.2) is 18.2 Å². The molecule has 1 N–H and O–H groups in total. The highest BCUT2D eigenvalue weighted by Gasteiger charge is 2.03. The van der Waals surface area contributed by atoms with Gasteiger partial charge in [0.1, 0.15) is 0 Å². The van der Waals surface area contributed by atoms with Crippen LogP contribution in [-0.4, -0.2) is 7.05 Å². The van der Waals surface area contributed by atoms with Crippen molar-refractivity contribution in [3.63, 3.8) is 0 Å². The van der Waals surface area contributed by atoms with Crippen LogP contribution >= 0.6 is 11.6 Å². The van der Waals surface area contributed by atoms with E-state index >= 15 is 0 Å². The summed E-state index contributed by atoms with van der Waals surface area (Å²) in [5.41, 5.74) is 2.41. The summed E-state index contributed by atoms with van der Waals surface area (Å²) in [4.78, 5) is 0. The molecule has 66 valence electrons. The Hall–Kier alpha value is -0.530. The second-order valence-corrected chi connectivity index (χ2v) is 3.43. The third-order valence-corrected chi connectivity index (χ3v) is 2.54. The molecule has 1 aromatic rings. The summed E-state index contributed by atoms with van der Waals surface area (Å²) < 4.78 is 0. The van der Waals surface area contributed by atoms with Gasteiger partial charge in [-0.25, -0.2) is 0 Å². The molecule has 1 atom stereocenters. The molecule has 0 aliphatic rings. The minimum absolute atomic E-state index is 0.390. The van der Waals surface area contributed by atoms with E-state index in [9.17, 15) is 0 Å². The summed E-state index contributed by atoms with van der Waals surface area (Å²) in [6, 6.07) is 6.50. The molecule has 2 heteroatoms. The van der Waals surface area contributed by atoms with Crippen molar-refractivity contribution in [2.75, 3.05) is 7.05 Å². The summed E-state index contributed by atoms with van der Waals surface area (Å²) >= 11 is 5.91. The highest BCUT2D eigenvalue weighted by atomic mass is 35.5. The number of rotatable bonds is 2. The van der Waals surface area contributed by atoms with Crippen LogP contribution in [0.3, 0.4) is 0 Å². The molecular formula is C10H14ClN. The van der Waals surface area contributed by atoms with Crippen LogP contribution in [0.25, 0.3) is 0 Å². The second kappa shape index (κ2) is 3.92. The molecule has 0 fully saturated rings. The molecule has 0 aromatic heterocycles. The summed E-state index contributed by atoms with van der Waals surface area (Å²) in [7, 11) is 1.95. The van der Waals surface area contributed by atoms with Gasteiger partial charge in [-0.15, -0.1) is 0 Å². The number of aryl methyl sites for hydroxylation is 1. The lowest BCUT2D eigenvalue weighted by atomic mass is 10.1. The van der Waals surface area contributed by atoms with Gasteiger partial charge < -0.3 is 5.32 Å². The molecular weight excluding hydrogens is 170 g/mol. The Morgan fingerprint density at radius 1 is 1.42 bits per heavy atom. The first-order chi connectivity index (χ1) is 5.65. The van der Waals surface area contributed by atoms with Crippen molar-refractivity contribution >= 4 is 11.6 Å². The van der Waals surface area contributed by atoms with Gasteiger partial charge >= 0.3 is 0 Å². The smallest absolute Gasteiger partial charge is 0.0435 e. The molecule has 0 bridgehead atoms. The van der Waals surface area contributed by atoms with Gasteiger partial charge in [-0.05, 0) is 38.1 Å². The Kier molecular flexibility index (Phi) is 3.12. The van der Waals surface area contributed by atoms with Crippen molar-refractivity contribution in [1.29, 1.82) is 0 Å². The van der Waals surface area contributed by atoms with Crippen LogP contribution in [0.1, 0.15) is 24.1 Å². The van der Waals surface area contributed by atoms with Gasteiger partial charge in [0, 0.05) is 11.1 Å². The van der Waals surface area contributed by atoms with E-state index in [1.54, 1.807) is 0 Å². The van der Waals surface area contributed by atoms with E-state index in [4.69, 9.17) is 11.6 Å². The van der Waals surface area contributed by atoms with Crippen LogP contribution in [-0.2, 0) is 0 Å². The number of hydrogen-bond acceptors (Lipinski definition) is 1. The summed E-state index contributed by atoms with van der Waals surface area (Å²) in [5.74, 6) is 0.